The van der Waals surface area contributed by atoms with Gasteiger partial charge in [0.25, 0.3) is 0 Å². The van der Waals surface area contributed by atoms with Crippen molar-refractivity contribution in [3.05, 3.63) is 0 Å². The second-order valence-corrected chi connectivity index (χ2v) is 6.04. The van der Waals surface area contributed by atoms with Gasteiger partial charge in [0.1, 0.15) is 0 Å². The Labute approximate surface area is 113 Å². The summed E-state index contributed by atoms with van der Waals surface area (Å²) in [7, 11) is 0. The van der Waals surface area contributed by atoms with E-state index in [2.05, 4.69) is 0 Å². The van der Waals surface area contributed by atoms with Crippen LogP contribution < -0.4 is 0 Å². The van der Waals surface area contributed by atoms with Crippen molar-refractivity contribution < 1.29 is 18.3 Å². The third-order valence-corrected chi connectivity index (χ3v) is 4.61. The monoisotopic (exact) mass is 279 g/mol. The largest absolute Gasteiger partial charge is 0.393 e. The van der Waals surface area contributed by atoms with Crippen LogP contribution in [0.1, 0.15) is 45.4 Å². The molecule has 5 heteroatoms. The highest BCUT2D eigenvalue weighted by atomic mass is 19.4. The lowest BCUT2D eigenvalue weighted by molar-refractivity contribution is -0.204. The maximum Gasteiger partial charge on any atom is 0.393 e. The van der Waals surface area contributed by atoms with E-state index in [4.69, 9.17) is 0 Å². The lowest BCUT2D eigenvalue weighted by Gasteiger charge is -2.42. The summed E-state index contributed by atoms with van der Waals surface area (Å²) in [6.07, 6.45) is -0.638. The highest BCUT2D eigenvalue weighted by molar-refractivity contribution is 4.90. The van der Waals surface area contributed by atoms with Gasteiger partial charge in [-0.15, -0.1) is 0 Å². The van der Waals surface area contributed by atoms with E-state index in [0.717, 1.165) is 18.9 Å². The number of halogens is 3. The molecule has 0 aromatic heterocycles. The van der Waals surface area contributed by atoms with Crippen LogP contribution in [0, 0.1) is 11.8 Å². The van der Waals surface area contributed by atoms with Crippen LogP contribution in [0.5, 0.6) is 0 Å². The fourth-order valence-corrected chi connectivity index (χ4v) is 3.22. The number of aliphatic hydroxyl groups is 1. The van der Waals surface area contributed by atoms with Gasteiger partial charge in [0.05, 0.1) is 12.0 Å². The molecule has 0 radical (unpaired) electrons. The molecule has 2 aliphatic carbocycles. The zero-order chi connectivity index (χ0) is 14.0. The Kier molecular flexibility index (Phi) is 4.77. The van der Waals surface area contributed by atoms with Crippen LogP contribution in [-0.2, 0) is 0 Å². The van der Waals surface area contributed by atoms with Gasteiger partial charge < -0.3 is 5.11 Å². The van der Waals surface area contributed by atoms with Crippen molar-refractivity contribution in [1.82, 2.24) is 4.90 Å². The molecular weight excluding hydrogens is 255 g/mol. The quantitative estimate of drug-likeness (QED) is 0.835. The van der Waals surface area contributed by atoms with Crippen LogP contribution in [-0.4, -0.2) is 41.4 Å². The van der Waals surface area contributed by atoms with Crippen LogP contribution in [0.25, 0.3) is 0 Å². The summed E-state index contributed by atoms with van der Waals surface area (Å²) in [5, 5.41) is 9.70. The molecule has 0 amide bonds. The molecule has 19 heavy (non-hydrogen) atoms. The normalized spacial score (nSPS) is 32.8. The molecule has 3 unspecified atom stereocenters. The SMILES string of the molecule is CCN(CCC1CC1)C1CC(O)CCC1C(F)(F)F. The Morgan fingerprint density at radius 2 is 1.84 bits per heavy atom. The second-order valence-electron chi connectivity index (χ2n) is 6.04. The van der Waals surface area contributed by atoms with Gasteiger partial charge in [0.15, 0.2) is 0 Å². The van der Waals surface area contributed by atoms with Crippen LogP contribution in [0.15, 0.2) is 0 Å². The van der Waals surface area contributed by atoms with Gasteiger partial charge in [-0.3, -0.25) is 4.90 Å². The van der Waals surface area contributed by atoms with Crippen molar-refractivity contribution in [2.45, 2.75) is 63.8 Å². The van der Waals surface area contributed by atoms with E-state index in [0.29, 0.717) is 6.54 Å². The molecule has 112 valence electrons. The van der Waals surface area contributed by atoms with Gasteiger partial charge in [0, 0.05) is 6.04 Å². The van der Waals surface area contributed by atoms with E-state index in [1.807, 2.05) is 11.8 Å². The molecule has 2 rings (SSSR count). The number of nitrogens with zero attached hydrogens (tertiary/aromatic N) is 1. The molecule has 0 bridgehead atoms. The standard InChI is InChI=1S/C14H24F3NO/c1-2-18(8-7-10-3-4-10)13-9-11(19)5-6-12(13)14(15,16)17/h10-13,19H,2-9H2,1H3. The Morgan fingerprint density at radius 1 is 1.16 bits per heavy atom. The molecule has 3 atom stereocenters. The molecule has 2 saturated carbocycles. The molecule has 2 aliphatic rings. The number of hydrogen-bond donors (Lipinski definition) is 1. The number of alkyl halides is 3. The summed E-state index contributed by atoms with van der Waals surface area (Å²) >= 11 is 0. The van der Waals surface area contributed by atoms with Crippen LogP contribution in [0.4, 0.5) is 13.2 Å². The topological polar surface area (TPSA) is 23.5 Å². The number of hydrogen-bond acceptors (Lipinski definition) is 2. The van der Waals surface area contributed by atoms with Gasteiger partial charge in [-0.25, -0.2) is 0 Å². The fraction of sp³-hybridized carbons (Fsp3) is 1.00. The lowest BCUT2D eigenvalue weighted by Crippen LogP contribution is -2.50. The van der Waals surface area contributed by atoms with Crippen molar-refractivity contribution in [3.63, 3.8) is 0 Å². The zero-order valence-electron chi connectivity index (χ0n) is 11.5. The minimum atomic E-state index is -4.14. The molecule has 0 saturated heterocycles. The van der Waals surface area contributed by atoms with Crippen LogP contribution in [0.2, 0.25) is 0 Å². The zero-order valence-corrected chi connectivity index (χ0v) is 11.5. The Bertz CT molecular complexity index is 291. The maximum atomic E-state index is 13.1. The first-order valence-electron chi connectivity index (χ1n) is 7.40. The molecule has 0 spiro atoms. The minimum absolute atomic E-state index is 0.0647. The van der Waals surface area contributed by atoms with Crippen molar-refractivity contribution in [3.8, 4) is 0 Å². The molecule has 2 nitrogen and oxygen atoms in total. The summed E-state index contributed by atoms with van der Waals surface area (Å²) in [6.45, 7) is 3.29. The van der Waals surface area contributed by atoms with Crippen LogP contribution in [0.3, 0.4) is 0 Å². The van der Waals surface area contributed by atoms with Gasteiger partial charge in [-0.05, 0) is 44.7 Å². The molecule has 2 fully saturated rings. The van der Waals surface area contributed by atoms with Gasteiger partial charge in [0.2, 0.25) is 0 Å². The first kappa shape index (κ1) is 15.1. The molecule has 1 N–H and O–H groups in total. The van der Waals surface area contributed by atoms with Gasteiger partial charge in [-0.1, -0.05) is 19.8 Å². The average molecular weight is 279 g/mol. The maximum absolute atomic E-state index is 13.1. The number of rotatable bonds is 5. The van der Waals surface area contributed by atoms with Crippen molar-refractivity contribution in [1.29, 1.82) is 0 Å². The first-order valence-corrected chi connectivity index (χ1v) is 7.40. The van der Waals surface area contributed by atoms with E-state index in [1.165, 1.54) is 12.8 Å². The summed E-state index contributed by atoms with van der Waals surface area (Å²) in [5.74, 6) is -0.540. The second kappa shape index (κ2) is 6.00. The van der Waals surface area contributed by atoms with E-state index >= 15 is 0 Å². The molecular formula is C14H24F3NO. The van der Waals surface area contributed by atoms with Crippen molar-refractivity contribution in [2.75, 3.05) is 13.1 Å². The van der Waals surface area contributed by atoms with Gasteiger partial charge >= 0.3 is 6.18 Å². The average Bonchev–Trinajstić information content (AvgIpc) is 3.12. The Morgan fingerprint density at radius 3 is 2.37 bits per heavy atom. The summed E-state index contributed by atoms with van der Waals surface area (Å²) < 4.78 is 39.4. The molecule has 0 aromatic rings. The highest BCUT2D eigenvalue weighted by Gasteiger charge is 2.48. The first-order chi connectivity index (χ1) is 8.91. The highest BCUT2D eigenvalue weighted by Crippen LogP contribution is 2.41. The van der Waals surface area contributed by atoms with E-state index in [-0.39, 0.29) is 19.3 Å². The fourth-order valence-electron chi connectivity index (χ4n) is 3.22. The van der Waals surface area contributed by atoms with Crippen molar-refractivity contribution in [2.24, 2.45) is 11.8 Å². The summed E-state index contributed by atoms with van der Waals surface area (Å²) in [5.41, 5.74) is 0. The molecule has 0 heterocycles. The van der Waals surface area contributed by atoms with Crippen molar-refractivity contribution >= 4 is 0 Å². The third kappa shape index (κ3) is 4.09. The predicted octanol–water partition coefficient (Wildman–Crippen LogP) is 3.20. The lowest BCUT2D eigenvalue weighted by atomic mass is 9.81. The Balaban J connectivity index is 2.00. The molecule has 0 aliphatic heterocycles. The third-order valence-electron chi connectivity index (χ3n) is 4.61. The van der Waals surface area contributed by atoms with Gasteiger partial charge in [-0.2, -0.15) is 13.2 Å². The van der Waals surface area contributed by atoms with E-state index < -0.39 is 24.2 Å². The summed E-state index contributed by atoms with van der Waals surface area (Å²) in [4.78, 5) is 1.94. The smallest absolute Gasteiger partial charge is 0.393 e. The van der Waals surface area contributed by atoms with Crippen LogP contribution >= 0.6 is 0 Å². The number of aliphatic hydroxyl groups excluding tert-OH is 1. The van der Waals surface area contributed by atoms with E-state index in [1.54, 1.807) is 0 Å². The predicted molar refractivity (Wildman–Crippen MR) is 67.8 cm³/mol. The summed E-state index contributed by atoms with van der Waals surface area (Å²) in [6, 6.07) is -0.535. The van der Waals surface area contributed by atoms with E-state index in [9.17, 15) is 18.3 Å². The minimum Gasteiger partial charge on any atom is -0.393 e. The molecule has 0 aromatic carbocycles. The Hall–Kier alpha value is -0.290.